The molecule has 0 bridgehead atoms. The first-order valence-corrected chi connectivity index (χ1v) is 12.5. The van der Waals surface area contributed by atoms with Gasteiger partial charge in [0.2, 0.25) is 15.9 Å². The van der Waals surface area contributed by atoms with Crippen molar-refractivity contribution in [3.8, 4) is 0 Å². The number of hydrogen-bond donors (Lipinski definition) is 2. The second-order valence-corrected chi connectivity index (χ2v) is 10.4. The molecule has 1 aliphatic rings. The molecule has 1 fully saturated rings. The van der Waals surface area contributed by atoms with Crippen molar-refractivity contribution in [1.82, 2.24) is 14.9 Å². The summed E-state index contributed by atoms with van der Waals surface area (Å²) in [5.41, 5.74) is 1.86. The fourth-order valence-corrected chi connectivity index (χ4v) is 5.19. The lowest BCUT2D eigenvalue weighted by atomic mass is 9.96. The third kappa shape index (κ3) is 6.67. The molecule has 31 heavy (non-hydrogen) atoms. The number of sulfonamides is 1. The Hall–Kier alpha value is -1.64. The highest BCUT2D eigenvalue weighted by Gasteiger charge is 2.26. The van der Waals surface area contributed by atoms with E-state index in [2.05, 4.69) is 14.9 Å². The van der Waals surface area contributed by atoms with Gasteiger partial charge in [0.1, 0.15) is 0 Å². The number of carbonyl (C=O) groups excluding carboxylic acids is 1. The van der Waals surface area contributed by atoms with Crippen LogP contribution in [0, 0.1) is 12.8 Å². The number of nitrogens with one attached hydrogen (secondary N) is 2. The van der Waals surface area contributed by atoms with E-state index in [1.165, 1.54) is 0 Å². The van der Waals surface area contributed by atoms with Crippen molar-refractivity contribution in [2.24, 2.45) is 5.92 Å². The molecule has 1 saturated heterocycles. The quantitative estimate of drug-likeness (QED) is 0.562. The van der Waals surface area contributed by atoms with Crippen LogP contribution in [-0.4, -0.2) is 45.4 Å². The molecule has 2 N–H and O–H groups in total. The van der Waals surface area contributed by atoms with Crippen LogP contribution in [0.2, 0.25) is 10.0 Å². The van der Waals surface area contributed by atoms with Crippen LogP contribution in [-0.2, 0) is 21.4 Å². The Labute approximate surface area is 194 Å². The Balaban J connectivity index is 1.46. The summed E-state index contributed by atoms with van der Waals surface area (Å²) >= 11 is 12.5. The van der Waals surface area contributed by atoms with Gasteiger partial charge in [-0.25, -0.2) is 13.1 Å². The summed E-state index contributed by atoms with van der Waals surface area (Å²) in [4.78, 5) is 15.0. The van der Waals surface area contributed by atoms with Gasteiger partial charge in [0.15, 0.2) is 0 Å². The summed E-state index contributed by atoms with van der Waals surface area (Å²) < 4.78 is 27.1. The molecule has 1 heterocycles. The topological polar surface area (TPSA) is 78.5 Å². The number of aryl methyl sites for hydroxylation is 1. The molecule has 0 saturated carbocycles. The van der Waals surface area contributed by atoms with Crippen LogP contribution < -0.4 is 10.0 Å². The highest BCUT2D eigenvalue weighted by Crippen LogP contribution is 2.27. The van der Waals surface area contributed by atoms with E-state index in [0.717, 1.165) is 30.5 Å². The first kappa shape index (κ1) is 24.0. The first-order valence-electron chi connectivity index (χ1n) is 10.3. The molecule has 3 rings (SSSR count). The Morgan fingerprint density at radius 1 is 1.10 bits per heavy atom. The smallest absolute Gasteiger partial charge is 0.240 e. The van der Waals surface area contributed by atoms with E-state index in [9.17, 15) is 13.2 Å². The third-order valence-electron chi connectivity index (χ3n) is 5.37. The summed E-state index contributed by atoms with van der Waals surface area (Å²) in [6.45, 7) is 4.35. The summed E-state index contributed by atoms with van der Waals surface area (Å²) in [6.07, 6.45) is 1.70. The number of carbonyl (C=O) groups is 1. The van der Waals surface area contributed by atoms with E-state index in [1.54, 1.807) is 24.3 Å². The maximum atomic E-state index is 12.6. The van der Waals surface area contributed by atoms with Gasteiger partial charge >= 0.3 is 0 Å². The molecular weight excluding hydrogens is 457 g/mol. The molecule has 6 nitrogen and oxygen atoms in total. The number of halogens is 2. The molecule has 1 amide bonds. The van der Waals surface area contributed by atoms with Gasteiger partial charge in [-0.3, -0.25) is 9.69 Å². The average Bonchev–Trinajstić information content (AvgIpc) is 2.74. The standard InChI is InChI=1S/C22H27Cl2N3O3S/c1-16-7-9-18(10-8-16)31(29,30)26-12-11-25-22(28)17-4-3-13-27(14-17)15-19-20(23)5-2-6-21(19)24/h2,5-10,17,26H,3-4,11-15H2,1H3,(H,25,28). The number of amides is 1. The van der Waals surface area contributed by atoms with Crippen molar-refractivity contribution >= 4 is 39.1 Å². The SMILES string of the molecule is Cc1ccc(S(=O)(=O)NCCNC(=O)C2CCCN(Cc3c(Cl)cccc3Cl)C2)cc1. The average molecular weight is 484 g/mol. The van der Waals surface area contributed by atoms with E-state index in [1.807, 2.05) is 25.1 Å². The second kappa shape index (κ2) is 10.8. The van der Waals surface area contributed by atoms with Gasteiger partial charge in [-0.2, -0.15) is 0 Å². The summed E-state index contributed by atoms with van der Waals surface area (Å²) in [5.74, 6) is -0.215. The van der Waals surface area contributed by atoms with Crippen molar-refractivity contribution < 1.29 is 13.2 Å². The normalized spacial score (nSPS) is 17.5. The number of nitrogens with zero attached hydrogens (tertiary/aromatic N) is 1. The van der Waals surface area contributed by atoms with Crippen molar-refractivity contribution in [3.63, 3.8) is 0 Å². The lowest BCUT2D eigenvalue weighted by Gasteiger charge is -2.32. The monoisotopic (exact) mass is 483 g/mol. The molecule has 2 aromatic rings. The van der Waals surface area contributed by atoms with Gasteiger partial charge in [0.05, 0.1) is 10.8 Å². The fraction of sp³-hybridized carbons (Fsp3) is 0.409. The van der Waals surface area contributed by atoms with Gasteiger partial charge in [-0.05, 0) is 50.6 Å². The Kier molecular flexibility index (Phi) is 8.36. The molecule has 9 heteroatoms. The van der Waals surface area contributed by atoms with Crippen LogP contribution in [0.5, 0.6) is 0 Å². The summed E-state index contributed by atoms with van der Waals surface area (Å²) in [6, 6.07) is 12.1. The van der Waals surface area contributed by atoms with E-state index in [0.29, 0.717) is 23.1 Å². The van der Waals surface area contributed by atoms with Gasteiger partial charge < -0.3 is 5.32 Å². The maximum Gasteiger partial charge on any atom is 0.240 e. The van der Waals surface area contributed by atoms with Gasteiger partial charge in [0.25, 0.3) is 0 Å². The number of hydrogen-bond acceptors (Lipinski definition) is 4. The number of benzene rings is 2. The van der Waals surface area contributed by atoms with Crippen molar-refractivity contribution in [2.45, 2.75) is 31.2 Å². The third-order valence-corrected chi connectivity index (χ3v) is 7.55. The lowest BCUT2D eigenvalue weighted by molar-refractivity contribution is -0.126. The van der Waals surface area contributed by atoms with Crippen molar-refractivity contribution in [2.75, 3.05) is 26.2 Å². The van der Waals surface area contributed by atoms with Crippen LogP contribution in [0.4, 0.5) is 0 Å². The van der Waals surface area contributed by atoms with Gasteiger partial charge in [0, 0.05) is 41.8 Å². The number of piperidine rings is 1. The summed E-state index contributed by atoms with van der Waals surface area (Å²) in [7, 11) is -3.59. The number of likely N-dealkylation sites (tertiary alicyclic amines) is 1. The molecule has 0 spiro atoms. The zero-order chi connectivity index (χ0) is 22.4. The largest absolute Gasteiger partial charge is 0.355 e. The predicted molar refractivity (Wildman–Crippen MR) is 124 cm³/mol. The molecule has 1 aliphatic heterocycles. The molecule has 2 aromatic carbocycles. The van der Waals surface area contributed by atoms with E-state index in [4.69, 9.17) is 23.2 Å². The predicted octanol–water partition coefficient (Wildman–Crippen LogP) is 3.61. The van der Waals surface area contributed by atoms with Crippen molar-refractivity contribution in [3.05, 3.63) is 63.6 Å². The maximum absolute atomic E-state index is 12.6. The van der Waals surface area contributed by atoms with Crippen LogP contribution in [0.25, 0.3) is 0 Å². The van der Waals surface area contributed by atoms with Crippen LogP contribution in [0.15, 0.2) is 47.4 Å². The molecule has 1 unspecified atom stereocenters. The minimum Gasteiger partial charge on any atom is -0.355 e. The zero-order valence-corrected chi connectivity index (χ0v) is 19.7. The van der Waals surface area contributed by atoms with Gasteiger partial charge in [-0.15, -0.1) is 0 Å². The Morgan fingerprint density at radius 2 is 1.77 bits per heavy atom. The summed E-state index contributed by atoms with van der Waals surface area (Å²) in [5, 5.41) is 4.10. The lowest BCUT2D eigenvalue weighted by Crippen LogP contribution is -2.44. The molecule has 0 radical (unpaired) electrons. The van der Waals surface area contributed by atoms with Crippen molar-refractivity contribution in [1.29, 1.82) is 0 Å². The zero-order valence-electron chi connectivity index (χ0n) is 17.4. The van der Waals surface area contributed by atoms with Crippen LogP contribution >= 0.6 is 23.2 Å². The number of rotatable bonds is 8. The highest BCUT2D eigenvalue weighted by atomic mass is 35.5. The second-order valence-electron chi connectivity index (χ2n) is 7.78. The minimum atomic E-state index is -3.59. The van der Waals surface area contributed by atoms with E-state index < -0.39 is 10.0 Å². The van der Waals surface area contributed by atoms with Gasteiger partial charge in [-0.1, -0.05) is 47.0 Å². The minimum absolute atomic E-state index is 0.0653. The Bertz CT molecular complexity index is 993. The van der Waals surface area contributed by atoms with E-state index in [-0.39, 0.29) is 29.8 Å². The van der Waals surface area contributed by atoms with Crippen LogP contribution in [0.1, 0.15) is 24.0 Å². The molecule has 1 atom stereocenters. The molecule has 0 aromatic heterocycles. The highest BCUT2D eigenvalue weighted by molar-refractivity contribution is 7.89. The fourth-order valence-electron chi connectivity index (χ4n) is 3.64. The molecule has 0 aliphatic carbocycles. The first-order chi connectivity index (χ1) is 14.8. The Morgan fingerprint density at radius 3 is 2.45 bits per heavy atom. The van der Waals surface area contributed by atoms with Crippen LogP contribution in [0.3, 0.4) is 0 Å². The molecule has 168 valence electrons. The molecular formula is C22H27Cl2N3O3S. The van der Waals surface area contributed by atoms with E-state index >= 15 is 0 Å².